The van der Waals surface area contributed by atoms with Crippen LogP contribution in [-0.4, -0.2) is 27.4 Å². The summed E-state index contributed by atoms with van der Waals surface area (Å²) in [6, 6.07) is 7.89. The first kappa shape index (κ1) is 16.6. The molecule has 6 nitrogen and oxygen atoms in total. The van der Waals surface area contributed by atoms with Crippen LogP contribution in [0.2, 0.25) is 0 Å². The van der Waals surface area contributed by atoms with Crippen LogP contribution >= 0.6 is 0 Å². The number of carbonyl (C=O) groups excluding carboxylic acids is 1. The molecule has 0 N–H and O–H groups in total. The van der Waals surface area contributed by atoms with Crippen LogP contribution in [0.3, 0.4) is 0 Å². The lowest BCUT2D eigenvalue weighted by atomic mass is 10.1. The lowest BCUT2D eigenvalue weighted by Crippen LogP contribution is -2.16. The number of aromatic nitrogens is 3. The third-order valence-electron chi connectivity index (χ3n) is 5.09. The summed E-state index contributed by atoms with van der Waals surface area (Å²) in [5.41, 5.74) is 2.67. The predicted octanol–water partition coefficient (Wildman–Crippen LogP) is 3.35. The minimum absolute atomic E-state index is 0.219. The number of methoxy groups -OCH3 is 1. The first-order chi connectivity index (χ1) is 12.6. The number of ether oxygens (including phenoxy) is 1. The third-order valence-corrected chi connectivity index (χ3v) is 5.09. The maximum Gasteiger partial charge on any atom is 0.341 e. The van der Waals surface area contributed by atoms with Crippen LogP contribution in [0.25, 0.3) is 16.9 Å². The Kier molecular flexibility index (Phi) is 4.11. The second-order valence-corrected chi connectivity index (χ2v) is 6.87. The number of benzene rings is 1. The van der Waals surface area contributed by atoms with E-state index in [4.69, 9.17) is 4.74 Å². The smallest absolute Gasteiger partial charge is 0.341 e. The van der Waals surface area contributed by atoms with Gasteiger partial charge in [0.1, 0.15) is 11.3 Å². The number of carbonyl (C=O) groups is 1. The molecule has 0 unspecified atom stereocenters. The molecular weight excluding hydrogens is 330 g/mol. The highest BCUT2D eigenvalue weighted by Gasteiger charge is 2.27. The molecule has 6 heteroatoms. The van der Waals surface area contributed by atoms with Gasteiger partial charge in [0.05, 0.1) is 18.4 Å². The Morgan fingerprint density at radius 3 is 2.69 bits per heavy atom. The highest BCUT2D eigenvalue weighted by Crippen LogP contribution is 2.32. The van der Waals surface area contributed by atoms with E-state index in [-0.39, 0.29) is 5.56 Å². The van der Waals surface area contributed by atoms with Crippen LogP contribution in [0.5, 0.6) is 0 Å². The fraction of sp³-hybridized carbons (Fsp3) is 0.350. The zero-order valence-corrected chi connectivity index (χ0v) is 14.9. The van der Waals surface area contributed by atoms with Crippen LogP contribution in [0.15, 0.2) is 41.5 Å². The fourth-order valence-corrected chi connectivity index (χ4v) is 3.73. The number of hydrogen-bond donors (Lipinski definition) is 0. The summed E-state index contributed by atoms with van der Waals surface area (Å²) in [6.07, 6.45) is 8.04. The number of rotatable bonds is 3. The number of nitrogens with zero attached hydrogens (tertiary/aromatic N) is 3. The molecule has 0 spiro atoms. The van der Waals surface area contributed by atoms with E-state index in [0.29, 0.717) is 28.6 Å². The van der Waals surface area contributed by atoms with Crippen molar-refractivity contribution in [2.24, 2.45) is 0 Å². The molecule has 0 saturated heterocycles. The molecule has 0 atom stereocenters. The molecule has 0 amide bonds. The van der Waals surface area contributed by atoms with E-state index >= 15 is 0 Å². The number of fused-ring (bicyclic) bond motifs is 1. The Hall–Kier alpha value is -2.89. The van der Waals surface area contributed by atoms with E-state index in [1.807, 2.05) is 42.0 Å². The van der Waals surface area contributed by atoms with Crippen molar-refractivity contribution in [3.05, 3.63) is 58.1 Å². The summed E-state index contributed by atoms with van der Waals surface area (Å²) >= 11 is 0. The molecule has 1 aromatic carbocycles. The van der Waals surface area contributed by atoms with Gasteiger partial charge in [0.2, 0.25) is 0 Å². The Balaban J connectivity index is 1.95. The van der Waals surface area contributed by atoms with Crippen LogP contribution in [-0.2, 0) is 4.74 Å². The van der Waals surface area contributed by atoms with E-state index in [1.54, 1.807) is 6.20 Å². The van der Waals surface area contributed by atoms with Gasteiger partial charge >= 0.3 is 5.97 Å². The monoisotopic (exact) mass is 351 g/mol. The quantitative estimate of drug-likeness (QED) is 0.679. The summed E-state index contributed by atoms with van der Waals surface area (Å²) in [7, 11) is 1.34. The first-order valence-electron chi connectivity index (χ1n) is 8.88. The second kappa shape index (κ2) is 6.44. The molecule has 3 aliphatic rings. The lowest BCUT2D eigenvalue weighted by molar-refractivity contribution is 0.0600. The molecule has 1 fully saturated rings. The third kappa shape index (κ3) is 2.71. The minimum atomic E-state index is -0.476. The molecule has 0 aromatic heterocycles. The molecule has 4 rings (SSSR count). The van der Waals surface area contributed by atoms with E-state index in [2.05, 4.69) is 5.10 Å². The van der Waals surface area contributed by atoms with Crippen molar-refractivity contribution in [1.82, 2.24) is 14.3 Å². The zero-order chi connectivity index (χ0) is 18.3. The van der Waals surface area contributed by atoms with Gasteiger partial charge in [0.25, 0.3) is 5.56 Å². The molecular formula is C20H21N3O3. The van der Waals surface area contributed by atoms with Gasteiger partial charge in [-0.3, -0.25) is 4.79 Å². The molecule has 0 bridgehead atoms. The standard InChI is InChI=1S/C20H21N3O3/c1-13-6-5-9-15(10-13)23-19(24)16-11-22(14-7-3-4-8-14)12-17(18(16)21-23)20(25)26-2/h5-6,9-12,14H,3-4,7-8H2,1-2H3. The van der Waals surface area contributed by atoms with Crippen molar-refractivity contribution in [3.63, 3.8) is 0 Å². The average molecular weight is 351 g/mol. The van der Waals surface area contributed by atoms with Gasteiger partial charge in [-0.25, -0.2) is 4.79 Å². The van der Waals surface area contributed by atoms with Crippen LogP contribution in [0.1, 0.15) is 47.6 Å². The highest BCUT2D eigenvalue weighted by molar-refractivity contribution is 5.96. The Bertz CT molecular complexity index is 996. The molecule has 1 aliphatic carbocycles. The molecule has 1 aromatic rings. The van der Waals surface area contributed by atoms with E-state index in [0.717, 1.165) is 31.2 Å². The van der Waals surface area contributed by atoms with Crippen molar-refractivity contribution in [2.45, 2.75) is 38.6 Å². The molecule has 1 saturated carbocycles. The van der Waals surface area contributed by atoms with Gasteiger partial charge in [-0.15, -0.1) is 0 Å². The summed E-state index contributed by atoms with van der Waals surface area (Å²) in [4.78, 5) is 25.3. The maximum absolute atomic E-state index is 13.0. The van der Waals surface area contributed by atoms with E-state index in [9.17, 15) is 9.59 Å². The summed E-state index contributed by atoms with van der Waals surface area (Å²) in [6.45, 7) is 1.96. The van der Waals surface area contributed by atoms with Crippen molar-refractivity contribution in [2.75, 3.05) is 7.11 Å². The molecule has 2 aliphatic heterocycles. The summed E-state index contributed by atoms with van der Waals surface area (Å²) < 4.78 is 8.29. The molecule has 26 heavy (non-hydrogen) atoms. The zero-order valence-electron chi connectivity index (χ0n) is 14.9. The van der Waals surface area contributed by atoms with Crippen LogP contribution in [0.4, 0.5) is 0 Å². The number of pyridine rings is 1. The van der Waals surface area contributed by atoms with Gasteiger partial charge in [-0.1, -0.05) is 25.0 Å². The fourth-order valence-electron chi connectivity index (χ4n) is 3.73. The Labute approximate surface area is 151 Å². The van der Waals surface area contributed by atoms with Gasteiger partial charge < -0.3 is 9.30 Å². The van der Waals surface area contributed by atoms with Crippen molar-refractivity contribution < 1.29 is 9.53 Å². The predicted molar refractivity (Wildman–Crippen MR) is 98.0 cm³/mol. The Morgan fingerprint density at radius 2 is 2.00 bits per heavy atom. The van der Waals surface area contributed by atoms with Gasteiger partial charge in [0, 0.05) is 18.4 Å². The van der Waals surface area contributed by atoms with Gasteiger partial charge in [0.15, 0.2) is 0 Å². The largest absolute Gasteiger partial charge is 0.465 e. The average Bonchev–Trinajstić information content (AvgIpc) is 3.29. The minimum Gasteiger partial charge on any atom is -0.465 e. The lowest BCUT2D eigenvalue weighted by Gasteiger charge is -2.17. The topological polar surface area (TPSA) is 66.1 Å². The van der Waals surface area contributed by atoms with Crippen molar-refractivity contribution in [1.29, 1.82) is 0 Å². The maximum atomic E-state index is 13.0. The van der Waals surface area contributed by atoms with Gasteiger partial charge in [-0.2, -0.15) is 9.78 Å². The van der Waals surface area contributed by atoms with E-state index in [1.165, 1.54) is 11.8 Å². The van der Waals surface area contributed by atoms with Crippen LogP contribution in [0, 0.1) is 6.92 Å². The van der Waals surface area contributed by atoms with Crippen LogP contribution < -0.4 is 5.56 Å². The van der Waals surface area contributed by atoms with Crippen molar-refractivity contribution in [3.8, 4) is 16.9 Å². The number of aryl methyl sites for hydroxylation is 1. The molecule has 0 radical (unpaired) electrons. The normalized spacial score (nSPS) is 14.8. The number of esters is 1. The first-order valence-corrected chi connectivity index (χ1v) is 8.88. The molecule has 134 valence electrons. The SMILES string of the molecule is COC(=O)c1cn(C2CCCC2)cc2c(=O)n(-c3cccc(C)c3)nc1-2. The summed E-state index contributed by atoms with van der Waals surface area (Å²) in [5.74, 6) is -0.476. The number of hydrogen-bond acceptors (Lipinski definition) is 4. The Morgan fingerprint density at radius 1 is 1.23 bits per heavy atom. The highest BCUT2D eigenvalue weighted by atomic mass is 16.5. The second-order valence-electron chi connectivity index (χ2n) is 6.87. The van der Waals surface area contributed by atoms with Gasteiger partial charge in [-0.05, 0) is 37.5 Å². The van der Waals surface area contributed by atoms with E-state index < -0.39 is 5.97 Å². The van der Waals surface area contributed by atoms with Crippen molar-refractivity contribution >= 4 is 5.97 Å². The summed E-state index contributed by atoms with van der Waals surface area (Å²) in [5, 5.41) is 4.45. The molecule has 2 heterocycles.